The third kappa shape index (κ3) is 3.02. The van der Waals surface area contributed by atoms with E-state index in [9.17, 15) is 9.59 Å². The molecule has 0 aromatic heterocycles. The summed E-state index contributed by atoms with van der Waals surface area (Å²) in [6.07, 6.45) is 3.54. The number of carbonyl (C=O) groups excluding carboxylic acids is 2. The highest BCUT2D eigenvalue weighted by Gasteiger charge is 2.42. The monoisotopic (exact) mass is 342 g/mol. The van der Waals surface area contributed by atoms with E-state index < -0.39 is 11.3 Å². The Labute approximate surface area is 146 Å². The van der Waals surface area contributed by atoms with Gasteiger partial charge in [0.2, 0.25) is 5.91 Å². The molecular weight excluding hydrogens is 324 g/mol. The number of primary amides is 1. The summed E-state index contributed by atoms with van der Waals surface area (Å²) in [6, 6.07) is 14.2. The molecule has 3 N–H and O–H groups in total. The van der Waals surface area contributed by atoms with Gasteiger partial charge < -0.3 is 11.1 Å². The highest BCUT2D eigenvalue weighted by Crippen LogP contribution is 2.42. The average molecular weight is 343 g/mol. The minimum atomic E-state index is -0.588. The molecule has 0 saturated heterocycles. The highest BCUT2D eigenvalue weighted by atomic mass is 35.5. The first-order chi connectivity index (χ1) is 11.5. The number of para-hydroxylation sites is 1. The van der Waals surface area contributed by atoms with Crippen LogP contribution in [0.25, 0.3) is 0 Å². The normalized spacial score (nSPS) is 15.9. The van der Waals surface area contributed by atoms with E-state index in [4.69, 9.17) is 17.3 Å². The molecule has 124 valence electrons. The smallest absolute Gasteiger partial charge is 0.250 e. The number of halogens is 1. The van der Waals surface area contributed by atoms with Crippen LogP contribution in [0.15, 0.2) is 48.5 Å². The quantitative estimate of drug-likeness (QED) is 0.884. The van der Waals surface area contributed by atoms with Crippen molar-refractivity contribution < 1.29 is 9.59 Å². The molecule has 0 unspecified atom stereocenters. The number of amides is 2. The second kappa shape index (κ2) is 6.65. The Morgan fingerprint density at radius 2 is 1.62 bits per heavy atom. The van der Waals surface area contributed by atoms with Gasteiger partial charge in [-0.3, -0.25) is 9.59 Å². The number of nitrogens with two attached hydrogens (primary N) is 1. The summed E-state index contributed by atoms with van der Waals surface area (Å²) in [5.41, 5.74) is 6.54. The van der Waals surface area contributed by atoms with Gasteiger partial charge in [0.05, 0.1) is 16.7 Å². The van der Waals surface area contributed by atoms with Gasteiger partial charge in [-0.05, 0) is 42.7 Å². The maximum Gasteiger partial charge on any atom is 0.250 e. The Morgan fingerprint density at radius 1 is 1.00 bits per heavy atom. The first-order valence-corrected chi connectivity index (χ1v) is 8.37. The average Bonchev–Trinajstić information content (AvgIpc) is 3.07. The van der Waals surface area contributed by atoms with Gasteiger partial charge in [-0.25, -0.2) is 0 Å². The molecule has 0 radical (unpaired) electrons. The van der Waals surface area contributed by atoms with Gasteiger partial charge in [0.25, 0.3) is 5.91 Å². The summed E-state index contributed by atoms with van der Waals surface area (Å²) in [7, 11) is 0. The van der Waals surface area contributed by atoms with Crippen molar-refractivity contribution in [2.75, 3.05) is 5.32 Å². The first-order valence-electron chi connectivity index (χ1n) is 7.99. The predicted octanol–water partition coefficient (Wildman–Crippen LogP) is 3.89. The molecule has 0 atom stereocenters. The van der Waals surface area contributed by atoms with Gasteiger partial charge in [0.1, 0.15) is 0 Å². The van der Waals surface area contributed by atoms with Gasteiger partial charge in [-0.2, -0.15) is 0 Å². The van der Waals surface area contributed by atoms with Crippen molar-refractivity contribution in [3.05, 3.63) is 64.7 Å². The number of rotatable bonds is 4. The summed E-state index contributed by atoms with van der Waals surface area (Å²) in [5.74, 6) is -0.658. The second-order valence-corrected chi connectivity index (χ2v) is 6.60. The summed E-state index contributed by atoms with van der Waals surface area (Å²) in [6.45, 7) is 0. The van der Waals surface area contributed by atoms with E-state index >= 15 is 0 Å². The Morgan fingerprint density at radius 3 is 2.25 bits per heavy atom. The minimum absolute atomic E-state index is 0.101. The molecule has 3 rings (SSSR count). The molecule has 24 heavy (non-hydrogen) atoms. The maximum atomic E-state index is 13.1. The lowest BCUT2D eigenvalue weighted by Crippen LogP contribution is -2.38. The molecule has 1 fully saturated rings. The fourth-order valence-electron chi connectivity index (χ4n) is 3.44. The van der Waals surface area contributed by atoms with Crippen LogP contribution in [-0.2, 0) is 10.2 Å². The van der Waals surface area contributed by atoms with Gasteiger partial charge in [-0.1, -0.05) is 48.7 Å². The van der Waals surface area contributed by atoms with Crippen LogP contribution in [-0.4, -0.2) is 11.8 Å². The highest BCUT2D eigenvalue weighted by molar-refractivity contribution is 6.30. The predicted molar refractivity (Wildman–Crippen MR) is 95.2 cm³/mol. The van der Waals surface area contributed by atoms with Crippen molar-refractivity contribution in [1.29, 1.82) is 0 Å². The Kier molecular flexibility index (Phi) is 4.58. The van der Waals surface area contributed by atoms with E-state index in [2.05, 4.69) is 5.32 Å². The number of anilines is 1. The Bertz CT molecular complexity index is 765. The molecule has 0 heterocycles. The number of nitrogens with one attached hydrogen (secondary N) is 1. The van der Waals surface area contributed by atoms with Crippen LogP contribution in [0.1, 0.15) is 41.6 Å². The lowest BCUT2D eigenvalue weighted by atomic mass is 9.78. The van der Waals surface area contributed by atoms with Crippen LogP contribution in [0.2, 0.25) is 5.02 Å². The molecule has 2 aromatic carbocycles. The number of hydrogen-bond acceptors (Lipinski definition) is 2. The molecule has 2 amide bonds. The topological polar surface area (TPSA) is 72.2 Å². The van der Waals surface area contributed by atoms with Crippen LogP contribution >= 0.6 is 11.6 Å². The summed E-state index contributed by atoms with van der Waals surface area (Å²) in [4.78, 5) is 24.7. The molecule has 0 bridgehead atoms. The van der Waals surface area contributed by atoms with E-state index in [1.807, 2.05) is 24.3 Å². The number of carbonyl (C=O) groups is 2. The van der Waals surface area contributed by atoms with E-state index in [1.165, 1.54) is 0 Å². The molecule has 1 aliphatic carbocycles. The lowest BCUT2D eigenvalue weighted by Gasteiger charge is -2.28. The SMILES string of the molecule is NC(=O)c1ccccc1NC(=O)C1(c2ccc(Cl)cc2)CCCC1. The third-order valence-corrected chi connectivity index (χ3v) is 4.98. The molecule has 0 spiro atoms. The zero-order valence-corrected chi connectivity index (χ0v) is 14.0. The fraction of sp³-hybridized carbons (Fsp3) is 0.263. The Balaban J connectivity index is 1.94. The van der Waals surface area contributed by atoms with E-state index in [0.29, 0.717) is 16.3 Å². The molecule has 4 nitrogen and oxygen atoms in total. The summed E-state index contributed by atoms with van der Waals surface area (Å²) in [5, 5.41) is 3.56. The van der Waals surface area contributed by atoms with Crippen molar-refractivity contribution in [3.63, 3.8) is 0 Å². The molecule has 5 heteroatoms. The third-order valence-electron chi connectivity index (χ3n) is 4.73. The van der Waals surface area contributed by atoms with Crippen LogP contribution in [0.3, 0.4) is 0 Å². The minimum Gasteiger partial charge on any atom is -0.366 e. The molecule has 1 saturated carbocycles. The van der Waals surface area contributed by atoms with Crippen molar-refractivity contribution >= 4 is 29.1 Å². The Hall–Kier alpha value is -2.33. The van der Waals surface area contributed by atoms with Gasteiger partial charge in [0.15, 0.2) is 0 Å². The van der Waals surface area contributed by atoms with Crippen LogP contribution in [0.5, 0.6) is 0 Å². The summed E-state index contributed by atoms with van der Waals surface area (Å²) < 4.78 is 0. The maximum absolute atomic E-state index is 13.1. The van der Waals surface area contributed by atoms with Gasteiger partial charge >= 0.3 is 0 Å². The largest absolute Gasteiger partial charge is 0.366 e. The fourth-order valence-corrected chi connectivity index (χ4v) is 3.57. The van der Waals surface area contributed by atoms with Gasteiger partial charge in [0, 0.05) is 5.02 Å². The second-order valence-electron chi connectivity index (χ2n) is 6.16. The van der Waals surface area contributed by atoms with Crippen LogP contribution < -0.4 is 11.1 Å². The zero-order valence-electron chi connectivity index (χ0n) is 13.2. The molecular formula is C19H19ClN2O2. The zero-order chi connectivity index (χ0) is 17.2. The number of hydrogen-bond donors (Lipinski definition) is 2. The van der Waals surface area contributed by atoms with Crippen molar-refractivity contribution in [2.45, 2.75) is 31.1 Å². The molecule has 2 aromatic rings. The van der Waals surface area contributed by atoms with Crippen LogP contribution in [0.4, 0.5) is 5.69 Å². The van der Waals surface area contributed by atoms with E-state index in [0.717, 1.165) is 31.2 Å². The number of benzene rings is 2. The lowest BCUT2D eigenvalue weighted by molar-refractivity contribution is -0.121. The van der Waals surface area contributed by atoms with Crippen molar-refractivity contribution in [3.8, 4) is 0 Å². The summed E-state index contributed by atoms with van der Waals surface area (Å²) >= 11 is 5.98. The van der Waals surface area contributed by atoms with Crippen LogP contribution in [0, 0.1) is 0 Å². The van der Waals surface area contributed by atoms with Gasteiger partial charge in [-0.15, -0.1) is 0 Å². The standard InChI is InChI=1S/C19H19ClN2O2/c20-14-9-7-13(8-10-14)19(11-3-4-12-19)18(24)22-16-6-2-1-5-15(16)17(21)23/h1-2,5-10H,3-4,11-12H2,(H2,21,23)(H,22,24). The van der Waals surface area contributed by atoms with Crippen molar-refractivity contribution in [1.82, 2.24) is 0 Å². The molecule has 0 aliphatic heterocycles. The molecule has 1 aliphatic rings. The van der Waals surface area contributed by atoms with Crippen molar-refractivity contribution in [2.24, 2.45) is 5.73 Å². The van der Waals surface area contributed by atoms with E-state index in [-0.39, 0.29) is 5.91 Å². The van der Waals surface area contributed by atoms with E-state index in [1.54, 1.807) is 24.3 Å². The first kappa shape index (κ1) is 16.5.